The molecule has 160 valence electrons. The summed E-state index contributed by atoms with van der Waals surface area (Å²) >= 11 is 1.55. The Balaban J connectivity index is 2.00. The summed E-state index contributed by atoms with van der Waals surface area (Å²) in [5, 5.41) is 8.70. The van der Waals surface area contributed by atoms with Crippen LogP contribution in [0.2, 0.25) is 0 Å². The number of oxazole rings is 1. The van der Waals surface area contributed by atoms with Crippen molar-refractivity contribution < 1.29 is 18.8 Å². The average Bonchev–Trinajstić information content (AvgIpc) is 3.22. The number of ether oxygens (including phenoxy) is 1. The van der Waals surface area contributed by atoms with Crippen LogP contribution in [0.15, 0.2) is 27.1 Å². The maximum Gasteiger partial charge on any atom is 0.408 e. The van der Waals surface area contributed by atoms with Gasteiger partial charge in [-0.2, -0.15) is 0 Å². The van der Waals surface area contributed by atoms with E-state index in [1.165, 1.54) is 0 Å². The second-order valence-electron chi connectivity index (χ2n) is 8.12. The first kappa shape index (κ1) is 22.7. The highest BCUT2D eigenvalue weighted by molar-refractivity contribution is 7.13. The predicted octanol–water partition coefficient (Wildman–Crippen LogP) is 4.44. The molecule has 0 radical (unpaired) electrons. The van der Waals surface area contributed by atoms with Crippen molar-refractivity contribution in [3.63, 3.8) is 0 Å². The second kappa shape index (κ2) is 9.78. The molecule has 2 aromatic heterocycles. The van der Waals surface area contributed by atoms with Gasteiger partial charge in [-0.25, -0.2) is 9.78 Å². The number of rotatable bonds is 8. The molecule has 29 heavy (non-hydrogen) atoms. The fourth-order valence-electron chi connectivity index (χ4n) is 2.47. The molecule has 3 N–H and O–H groups in total. The van der Waals surface area contributed by atoms with Crippen LogP contribution < -0.4 is 11.1 Å². The minimum Gasteiger partial charge on any atom is -0.444 e. The lowest BCUT2D eigenvalue weighted by Crippen LogP contribution is -2.47. The number of carbonyl (C=O) groups excluding carboxylic acids is 1. The fourth-order valence-corrected chi connectivity index (χ4v) is 3.12. The number of oxime groups is 1. The minimum atomic E-state index is -0.598. The van der Waals surface area contributed by atoms with Crippen LogP contribution in [0.3, 0.4) is 0 Å². The highest BCUT2D eigenvalue weighted by Gasteiger charge is 2.23. The molecule has 1 unspecified atom stereocenters. The van der Waals surface area contributed by atoms with E-state index in [9.17, 15) is 4.79 Å². The molecule has 9 heteroatoms. The summed E-state index contributed by atoms with van der Waals surface area (Å²) in [4.78, 5) is 22.9. The Hall–Kier alpha value is -2.55. The summed E-state index contributed by atoms with van der Waals surface area (Å²) in [6, 6.07) is 3.38. The van der Waals surface area contributed by atoms with Gasteiger partial charge < -0.3 is 25.0 Å². The zero-order valence-electron chi connectivity index (χ0n) is 17.8. The first-order chi connectivity index (χ1) is 13.5. The molecular formula is C20H30N4O4S. The summed E-state index contributed by atoms with van der Waals surface area (Å²) in [5.74, 6) is 1.67. The molecule has 0 saturated heterocycles. The van der Waals surface area contributed by atoms with E-state index in [4.69, 9.17) is 19.7 Å². The highest BCUT2D eigenvalue weighted by atomic mass is 32.1. The third-order valence-electron chi connectivity index (χ3n) is 3.75. The lowest BCUT2D eigenvalue weighted by atomic mass is 10.0. The number of nitrogens with one attached hydrogen (secondary N) is 1. The number of nitrogens with zero attached hydrogens (tertiary/aromatic N) is 2. The first-order valence-electron chi connectivity index (χ1n) is 9.50. The Morgan fingerprint density at radius 3 is 2.72 bits per heavy atom. The molecule has 8 nitrogen and oxygen atoms in total. The van der Waals surface area contributed by atoms with Crippen molar-refractivity contribution in [1.82, 2.24) is 10.3 Å². The Kier molecular flexibility index (Phi) is 7.66. The Morgan fingerprint density at radius 1 is 1.41 bits per heavy atom. The van der Waals surface area contributed by atoms with E-state index in [1.807, 2.05) is 38.3 Å². The number of hydrogen-bond acceptors (Lipinski definition) is 7. The average molecular weight is 423 g/mol. The van der Waals surface area contributed by atoms with Crippen LogP contribution in [0.4, 0.5) is 4.79 Å². The van der Waals surface area contributed by atoms with Gasteiger partial charge in [0.25, 0.3) is 0 Å². The van der Waals surface area contributed by atoms with Crippen LogP contribution in [0, 0.1) is 12.8 Å². The SMILES string of the molecule is Cc1oc(-c2cccs2)nc1CO/N=C(\N)C(CC(C)C)NC(=O)OC(C)(C)C. The predicted molar refractivity (Wildman–Crippen MR) is 114 cm³/mol. The fraction of sp³-hybridized carbons (Fsp3) is 0.550. The first-order valence-corrected chi connectivity index (χ1v) is 10.4. The maximum absolute atomic E-state index is 12.1. The number of thiophene rings is 1. The van der Waals surface area contributed by atoms with Gasteiger partial charge in [0.2, 0.25) is 5.89 Å². The van der Waals surface area contributed by atoms with E-state index >= 15 is 0 Å². The van der Waals surface area contributed by atoms with Crippen molar-refractivity contribution >= 4 is 23.3 Å². The monoisotopic (exact) mass is 422 g/mol. The highest BCUT2D eigenvalue weighted by Crippen LogP contribution is 2.26. The minimum absolute atomic E-state index is 0.113. The molecule has 0 aliphatic carbocycles. The summed E-state index contributed by atoms with van der Waals surface area (Å²) in [5.41, 5.74) is 6.12. The molecule has 2 heterocycles. The van der Waals surface area contributed by atoms with E-state index in [0.717, 1.165) is 4.88 Å². The van der Waals surface area contributed by atoms with Crippen molar-refractivity contribution in [2.45, 2.75) is 66.2 Å². The normalized spacial score (nSPS) is 13.4. The quantitative estimate of drug-likeness (QED) is 0.369. The Bertz CT molecular complexity index is 822. The van der Waals surface area contributed by atoms with Crippen molar-refractivity contribution in [1.29, 1.82) is 0 Å². The number of aryl methyl sites for hydroxylation is 1. The lowest BCUT2D eigenvalue weighted by molar-refractivity contribution is 0.0512. The number of amidine groups is 1. The molecule has 2 aromatic rings. The Morgan fingerprint density at radius 2 is 2.14 bits per heavy atom. The zero-order valence-corrected chi connectivity index (χ0v) is 18.6. The van der Waals surface area contributed by atoms with Crippen molar-refractivity contribution in [2.75, 3.05) is 0 Å². The van der Waals surface area contributed by atoms with E-state index in [1.54, 1.807) is 32.1 Å². The molecule has 1 atom stereocenters. The molecule has 2 rings (SSSR count). The summed E-state index contributed by atoms with van der Waals surface area (Å²) in [6.07, 6.45) is 0.0536. The number of alkyl carbamates (subject to hydrolysis) is 1. The lowest BCUT2D eigenvalue weighted by Gasteiger charge is -2.24. The van der Waals surface area contributed by atoms with Crippen molar-refractivity contribution in [2.24, 2.45) is 16.8 Å². The summed E-state index contributed by atoms with van der Waals surface area (Å²) in [7, 11) is 0. The summed E-state index contributed by atoms with van der Waals surface area (Å²) in [6.45, 7) is 11.4. The molecule has 0 aliphatic rings. The van der Waals surface area contributed by atoms with E-state index in [2.05, 4.69) is 15.5 Å². The van der Waals surface area contributed by atoms with Crippen LogP contribution in [0.5, 0.6) is 0 Å². The number of nitrogens with two attached hydrogens (primary N) is 1. The number of hydrogen-bond donors (Lipinski definition) is 2. The van der Waals surface area contributed by atoms with Crippen LogP contribution in [0.1, 0.15) is 52.5 Å². The van der Waals surface area contributed by atoms with Gasteiger partial charge in [-0.3, -0.25) is 0 Å². The number of carbonyl (C=O) groups is 1. The molecule has 0 fully saturated rings. The third-order valence-corrected chi connectivity index (χ3v) is 4.61. The van der Waals surface area contributed by atoms with Gasteiger partial charge in [0.15, 0.2) is 12.4 Å². The van der Waals surface area contributed by atoms with Gasteiger partial charge in [-0.05, 0) is 51.5 Å². The van der Waals surface area contributed by atoms with Gasteiger partial charge in [0.1, 0.15) is 17.1 Å². The largest absolute Gasteiger partial charge is 0.444 e. The third kappa shape index (κ3) is 7.41. The van der Waals surface area contributed by atoms with Crippen LogP contribution in [-0.4, -0.2) is 28.6 Å². The van der Waals surface area contributed by atoms with Crippen LogP contribution in [0.25, 0.3) is 10.8 Å². The zero-order chi connectivity index (χ0) is 21.6. The Labute approximate surface area is 175 Å². The van der Waals surface area contributed by atoms with Gasteiger partial charge in [0, 0.05) is 0 Å². The summed E-state index contributed by atoms with van der Waals surface area (Å²) < 4.78 is 11.0. The van der Waals surface area contributed by atoms with Crippen molar-refractivity contribution in [3.8, 4) is 10.8 Å². The standard InChI is InChI=1S/C20H30N4O4S/c1-12(2)10-14(23-19(25)28-20(4,5)6)17(21)24-26-11-15-13(3)27-18(22-15)16-8-7-9-29-16/h7-9,12,14H,10-11H2,1-6H3,(H2,21,24)(H,23,25). The van der Waals surface area contributed by atoms with Crippen LogP contribution in [-0.2, 0) is 16.2 Å². The molecule has 0 bridgehead atoms. The smallest absolute Gasteiger partial charge is 0.408 e. The second-order valence-corrected chi connectivity index (χ2v) is 9.06. The molecule has 0 spiro atoms. The van der Waals surface area contributed by atoms with Gasteiger partial charge in [-0.1, -0.05) is 25.1 Å². The van der Waals surface area contributed by atoms with Crippen molar-refractivity contribution in [3.05, 3.63) is 29.0 Å². The molecule has 0 aliphatic heterocycles. The number of aromatic nitrogens is 1. The molecule has 0 saturated carbocycles. The van der Waals surface area contributed by atoms with E-state index in [0.29, 0.717) is 23.8 Å². The van der Waals surface area contributed by atoms with Gasteiger partial charge >= 0.3 is 6.09 Å². The van der Waals surface area contributed by atoms with Crippen LogP contribution >= 0.6 is 11.3 Å². The number of amides is 1. The molecule has 0 aromatic carbocycles. The van der Waals surface area contributed by atoms with Gasteiger partial charge in [-0.15, -0.1) is 11.3 Å². The van der Waals surface area contributed by atoms with Gasteiger partial charge in [0.05, 0.1) is 10.9 Å². The van der Waals surface area contributed by atoms with E-state index < -0.39 is 17.7 Å². The molecule has 1 amide bonds. The molecular weight excluding hydrogens is 392 g/mol. The van der Waals surface area contributed by atoms with E-state index in [-0.39, 0.29) is 18.4 Å². The topological polar surface area (TPSA) is 112 Å². The maximum atomic E-state index is 12.1.